The molecule has 0 bridgehead atoms. The van der Waals surface area contributed by atoms with E-state index < -0.39 is 0 Å². The van der Waals surface area contributed by atoms with Crippen molar-refractivity contribution < 1.29 is 4.79 Å². The van der Waals surface area contributed by atoms with Crippen LogP contribution in [-0.4, -0.2) is 15.8 Å². The summed E-state index contributed by atoms with van der Waals surface area (Å²) in [6.07, 6.45) is 2.20. The van der Waals surface area contributed by atoms with Gasteiger partial charge in [0.05, 0.1) is 11.0 Å². The molecule has 2 heterocycles. The lowest BCUT2D eigenvalue weighted by atomic mass is 10.2. The molecule has 0 radical (unpaired) electrons. The summed E-state index contributed by atoms with van der Waals surface area (Å²) in [5, 5.41) is 0. The maximum absolute atomic E-state index is 11.3. The van der Waals surface area contributed by atoms with Gasteiger partial charge in [0.25, 0.3) is 5.56 Å². The first kappa shape index (κ1) is 8.62. The Balaban J connectivity index is 2.91. The monoisotopic (exact) mass is 188 g/mol. The Morgan fingerprint density at radius 3 is 2.93 bits per heavy atom. The predicted octanol–water partition coefficient (Wildman–Crippen LogP) is 0.746. The maximum Gasteiger partial charge on any atom is 0.250 e. The number of hydrogen-bond donors (Lipinski definition) is 0. The summed E-state index contributed by atoms with van der Waals surface area (Å²) in [4.78, 5) is 25.9. The van der Waals surface area contributed by atoms with E-state index in [4.69, 9.17) is 0 Å². The molecule has 70 valence electrons. The van der Waals surface area contributed by atoms with Crippen LogP contribution in [0.25, 0.3) is 11.0 Å². The van der Waals surface area contributed by atoms with Crippen LogP contribution in [0.4, 0.5) is 0 Å². The molecule has 0 unspecified atom stereocenters. The summed E-state index contributed by atoms with van der Waals surface area (Å²) >= 11 is 0. The van der Waals surface area contributed by atoms with Crippen molar-refractivity contribution in [2.24, 2.45) is 7.05 Å². The molecule has 0 aliphatic carbocycles. The highest BCUT2D eigenvalue weighted by Gasteiger charge is 2.00. The summed E-state index contributed by atoms with van der Waals surface area (Å²) in [5.41, 5.74) is 1.74. The molecule has 0 N–H and O–H groups in total. The molecule has 2 aromatic heterocycles. The standard InChI is InChI=1S/C10H8N2O2/c1-12-9-4-7(6-13)5-11-8(9)2-3-10(12)14/h2-6H,1H3. The first-order valence-electron chi connectivity index (χ1n) is 4.13. The Labute approximate surface area is 79.8 Å². The summed E-state index contributed by atoms with van der Waals surface area (Å²) in [5.74, 6) is 0. The van der Waals surface area contributed by atoms with Gasteiger partial charge in [-0.05, 0) is 12.1 Å². The van der Waals surface area contributed by atoms with Crippen LogP contribution in [0.2, 0.25) is 0 Å². The van der Waals surface area contributed by atoms with Crippen molar-refractivity contribution >= 4 is 17.3 Å². The van der Waals surface area contributed by atoms with Crippen molar-refractivity contribution in [3.8, 4) is 0 Å². The third kappa shape index (κ3) is 1.21. The van der Waals surface area contributed by atoms with E-state index >= 15 is 0 Å². The molecule has 0 fully saturated rings. The number of carbonyl (C=O) groups is 1. The van der Waals surface area contributed by atoms with Gasteiger partial charge < -0.3 is 4.57 Å². The number of aldehydes is 1. The summed E-state index contributed by atoms with van der Waals surface area (Å²) in [6.45, 7) is 0. The fraction of sp³-hybridized carbons (Fsp3) is 0.100. The van der Waals surface area contributed by atoms with Gasteiger partial charge in [-0.25, -0.2) is 0 Å². The van der Waals surface area contributed by atoms with Crippen LogP contribution >= 0.6 is 0 Å². The van der Waals surface area contributed by atoms with Crippen LogP contribution in [-0.2, 0) is 7.05 Å². The lowest BCUT2D eigenvalue weighted by molar-refractivity contribution is 0.112. The van der Waals surface area contributed by atoms with Crippen molar-refractivity contribution in [2.45, 2.75) is 0 Å². The lowest BCUT2D eigenvalue weighted by Gasteiger charge is -2.02. The summed E-state index contributed by atoms with van der Waals surface area (Å²) in [6, 6.07) is 4.75. The second-order valence-electron chi connectivity index (χ2n) is 3.02. The molecular weight excluding hydrogens is 180 g/mol. The minimum Gasteiger partial charge on any atom is -0.310 e. The first-order valence-corrected chi connectivity index (χ1v) is 4.13. The minimum atomic E-state index is -0.109. The topological polar surface area (TPSA) is 52.0 Å². The average Bonchev–Trinajstić information content (AvgIpc) is 2.23. The Hall–Kier alpha value is -1.97. The van der Waals surface area contributed by atoms with Crippen molar-refractivity contribution in [1.82, 2.24) is 9.55 Å². The van der Waals surface area contributed by atoms with E-state index in [1.807, 2.05) is 0 Å². The van der Waals surface area contributed by atoms with Gasteiger partial charge in [-0.15, -0.1) is 0 Å². The zero-order chi connectivity index (χ0) is 10.1. The Bertz CT molecular complexity index is 558. The molecule has 0 aliphatic heterocycles. The highest BCUT2D eigenvalue weighted by Crippen LogP contribution is 2.08. The van der Waals surface area contributed by atoms with Gasteiger partial charge >= 0.3 is 0 Å². The van der Waals surface area contributed by atoms with Gasteiger partial charge in [0, 0.05) is 24.9 Å². The quantitative estimate of drug-likeness (QED) is 0.620. The number of carbonyl (C=O) groups excluding carboxylic acids is 1. The third-order valence-electron chi connectivity index (χ3n) is 2.13. The number of nitrogens with zero attached hydrogens (tertiary/aromatic N) is 2. The number of fused-ring (bicyclic) bond motifs is 1. The van der Waals surface area contributed by atoms with Crippen LogP contribution < -0.4 is 5.56 Å². The smallest absolute Gasteiger partial charge is 0.250 e. The van der Waals surface area contributed by atoms with Gasteiger partial charge in [0.1, 0.15) is 0 Å². The normalized spacial score (nSPS) is 10.4. The van der Waals surface area contributed by atoms with Crippen LogP contribution in [0.5, 0.6) is 0 Å². The molecule has 0 saturated carbocycles. The number of pyridine rings is 2. The second-order valence-corrected chi connectivity index (χ2v) is 3.02. The molecule has 4 heteroatoms. The van der Waals surface area contributed by atoms with E-state index in [0.29, 0.717) is 22.9 Å². The highest BCUT2D eigenvalue weighted by atomic mass is 16.1. The van der Waals surface area contributed by atoms with Crippen molar-refractivity contribution in [3.05, 3.63) is 40.3 Å². The fourth-order valence-corrected chi connectivity index (χ4v) is 1.32. The van der Waals surface area contributed by atoms with E-state index in [9.17, 15) is 9.59 Å². The molecule has 0 amide bonds. The average molecular weight is 188 g/mol. The van der Waals surface area contributed by atoms with Crippen LogP contribution in [0, 0.1) is 0 Å². The number of rotatable bonds is 1. The lowest BCUT2D eigenvalue weighted by Crippen LogP contribution is -2.15. The molecule has 0 aliphatic rings. The van der Waals surface area contributed by atoms with Gasteiger partial charge in [-0.2, -0.15) is 0 Å². The number of aromatic nitrogens is 2. The molecule has 14 heavy (non-hydrogen) atoms. The molecule has 4 nitrogen and oxygen atoms in total. The van der Waals surface area contributed by atoms with Gasteiger partial charge in [-0.1, -0.05) is 0 Å². The molecule has 0 aromatic carbocycles. The molecule has 2 rings (SSSR count). The highest BCUT2D eigenvalue weighted by molar-refractivity contribution is 5.83. The van der Waals surface area contributed by atoms with Gasteiger partial charge in [-0.3, -0.25) is 14.6 Å². The molecular formula is C10H8N2O2. The molecule has 0 spiro atoms. The van der Waals surface area contributed by atoms with E-state index in [0.717, 1.165) is 0 Å². The van der Waals surface area contributed by atoms with E-state index in [2.05, 4.69) is 4.98 Å². The van der Waals surface area contributed by atoms with E-state index in [-0.39, 0.29) is 5.56 Å². The largest absolute Gasteiger partial charge is 0.310 e. The summed E-state index contributed by atoms with van der Waals surface area (Å²) < 4.78 is 1.47. The fourth-order valence-electron chi connectivity index (χ4n) is 1.32. The Morgan fingerprint density at radius 1 is 1.43 bits per heavy atom. The molecule has 0 atom stereocenters. The van der Waals surface area contributed by atoms with E-state index in [1.54, 1.807) is 19.2 Å². The van der Waals surface area contributed by atoms with Crippen molar-refractivity contribution in [3.63, 3.8) is 0 Å². The zero-order valence-corrected chi connectivity index (χ0v) is 7.60. The van der Waals surface area contributed by atoms with Crippen LogP contribution in [0.3, 0.4) is 0 Å². The van der Waals surface area contributed by atoms with Gasteiger partial charge in [0.15, 0.2) is 6.29 Å². The van der Waals surface area contributed by atoms with Crippen LogP contribution in [0.1, 0.15) is 10.4 Å². The minimum absolute atomic E-state index is 0.109. The van der Waals surface area contributed by atoms with Crippen molar-refractivity contribution in [1.29, 1.82) is 0 Å². The SMILES string of the molecule is Cn1c(=O)ccc2ncc(C=O)cc21. The molecule has 2 aromatic rings. The summed E-state index contributed by atoms with van der Waals surface area (Å²) in [7, 11) is 1.65. The Morgan fingerprint density at radius 2 is 2.21 bits per heavy atom. The Kier molecular flexibility index (Phi) is 1.89. The van der Waals surface area contributed by atoms with Gasteiger partial charge in [0.2, 0.25) is 0 Å². The maximum atomic E-state index is 11.3. The number of aryl methyl sites for hydroxylation is 1. The third-order valence-corrected chi connectivity index (χ3v) is 2.13. The van der Waals surface area contributed by atoms with E-state index in [1.165, 1.54) is 16.8 Å². The second kappa shape index (κ2) is 3.06. The predicted molar refractivity (Wildman–Crippen MR) is 52.4 cm³/mol. The van der Waals surface area contributed by atoms with Crippen LogP contribution in [0.15, 0.2) is 29.2 Å². The first-order chi connectivity index (χ1) is 6.72. The van der Waals surface area contributed by atoms with Crippen molar-refractivity contribution in [2.75, 3.05) is 0 Å². The zero-order valence-electron chi connectivity index (χ0n) is 7.60. The number of hydrogen-bond acceptors (Lipinski definition) is 3. The molecule has 0 saturated heterocycles.